The van der Waals surface area contributed by atoms with Crippen LogP contribution in [0.4, 0.5) is 5.88 Å². The Hall–Kier alpha value is -1.89. The van der Waals surface area contributed by atoms with E-state index in [0.29, 0.717) is 19.0 Å². The maximum atomic E-state index is 11.9. The minimum atomic E-state index is -0.870. The third kappa shape index (κ3) is 5.55. The minimum Gasteiger partial charge on any atom is -0.481 e. The van der Waals surface area contributed by atoms with Gasteiger partial charge in [-0.3, -0.25) is 19.8 Å². The molecule has 0 aromatic carbocycles. The fourth-order valence-corrected chi connectivity index (χ4v) is 1.77. The van der Waals surface area contributed by atoms with Crippen molar-refractivity contribution >= 4 is 17.8 Å². The molecule has 1 heterocycles. The van der Waals surface area contributed by atoms with Gasteiger partial charge >= 0.3 is 5.97 Å². The molecule has 0 saturated heterocycles. The molecular formula is C14H23N3O4. The molecule has 0 radical (unpaired) electrons. The number of likely N-dealkylation sites (N-methyl/N-ethyl adjacent to an activating group) is 1. The quantitative estimate of drug-likeness (QED) is 0.759. The average molecular weight is 297 g/mol. The van der Waals surface area contributed by atoms with Gasteiger partial charge in [0, 0.05) is 12.6 Å². The monoisotopic (exact) mass is 297 g/mol. The Morgan fingerprint density at radius 3 is 2.57 bits per heavy atom. The van der Waals surface area contributed by atoms with Gasteiger partial charge in [-0.15, -0.1) is 0 Å². The summed E-state index contributed by atoms with van der Waals surface area (Å²) in [5.74, 6) is -1.10. The molecule has 0 saturated carbocycles. The zero-order valence-corrected chi connectivity index (χ0v) is 12.9. The number of aromatic nitrogens is 1. The van der Waals surface area contributed by atoms with Crippen molar-refractivity contribution in [3.63, 3.8) is 0 Å². The van der Waals surface area contributed by atoms with Crippen LogP contribution in [0.2, 0.25) is 0 Å². The van der Waals surface area contributed by atoms with Crippen molar-refractivity contribution in [1.29, 1.82) is 0 Å². The molecule has 0 aliphatic carbocycles. The first kappa shape index (κ1) is 17.2. The standard InChI is InChI=1S/C14H23N3O4/c1-5-17(7-10(4)14(19)20)8-12(18)15-13-6-11(9(2)3)16-21-13/h6,9-10H,5,7-8H2,1-4H3,(H,15,18)(H,19,20). The maximum Gasteiger partial charge on any atom is 0.307 e. The Morgan fingerprint density at radius 2 is 2.10 bits per heavy atom. The SMILES string of the molecule is CCN(CC(=O)Nc1cc(C(C)C)no1)CC(C)C(=O)O. The summed E-state index contributed by atoms with van der Waals surface area (Å²) in [5, 5.41) is 15.4. The number of carboxylic acids is 1. The Labute approximate surface area is 124 Å². The summed E-state index contributed by atoms with van der Waals surface area (Å²) >= 11 is 0. The third-order valence-corrected chi connectivity index (χ3v) is 3.15. The number of carboxylic acid groups (broad SMARTS) is 1. The Kier molecular flexibility index (Phi) is 6.36. The van der Waals surface area contributed by atoms with Crippen molar-refractivity contribution in [2.45, 2.75) is 33.6 Å². The molecule has 0 bridgehead atoms. The lowest BCUT2D eigenvalue weighted by atomic mass is 10.1. The van der Waals surface area contributed by atoms with Crippen LogP contribution in [-0.4, -0.2) is 46.7 Å². The molecule has 1 unspecified atom stereocenters. The van der Waals surface area contributed by atoms with Crippen LogP contribution < -0.4 is 5.32 Å². The summed E-state index contributed by atoms with van der Waals surface area (Å²) in [6.45, 7) is 8.50. The summed E-state index contributed by atoms with van der Waals surface area (Å²) in [5.41, 5.74) is 0.775. The summed E-state index contributed by atoms with van der Waals surface area (Å²) in [6.07, 6.45) is 0. The molecule has 7 nitrogen and oxygen atoms in total. The van der Waals surface area contributed by atoms with E-state index in [-0.39, 0.29) is 18.4 Å². The normalized spacial score (nSPS) is 12.7. The fraction of sp³-hybridized carbons (Fsp3) is 0.643. The molecule has 1 amide bonds. The molecule has 118 valence electrons. The molecule has 0 aliphatic rings. The number of anilines is 1. The van der Waals surface area contributed by atoms with Gasteiger partial charge in [0.25, 0.3) is 0 Å². The van der Waals surface area contributed by atoms with Gasteiger partial charge < -0.3 is 9.63 Å². The number of carbonyl (C=O) groups is 2. The van der Waals surface area contributed by atoms with E-state index < -0.39 is 11.9 Å². The van der Waals surface area contributed by atoms with Crippen molar-refractivity contribution in [3.8, 4) is 0 Å². The lowest BCUT2D eigenvalue weighted by Crippen LogP contribution is -2.37. The lowest BCUT2D eigenvalue weighted by Gasteiger charge is -2.21. The lowest BCUT2D eigenvalue weighted by molar-refractivity contribution is -0.142. The van der Waals surface area contributed by atoms with E-state index in [1.807, 2.05) is 20.8 Å². The number of aliphatic carboxylic acids is 1. The molecule has 7 heteroatoms. The van der Waals surface area contributed by atoms with Crippen LogP contribution in [-0.2, 0) is 9.59 Å². The van der Waals surface area contributed by atoms with Gasteiger partial charge in [0.2, 0.25) is 11.8 Å². The van der Waals surface area contributed by atoms with Crippen molar-refractivity contribution in [2.24, 2.45) is 5.92 Å². The molecule has 0 aliphatic heterocycles. The largest absolute Gasteiger partial charge is 0.481 e. The van der Waals surface area contributed by atoms with Crippen molar-refractivity contribution in [3.05, 3.63) is 11.8 Å². The Morgan fingerprint density at radius 1 is 1.43 bits per heavy atom. The van der Waals surface area contributed by atoms with Gasteiger partial charge in [-0.25, -0.2) is 0 Å². The number of hydrogen-bond donors (Lipinski definition) is 2. The number of hydrogen-bond acceptors (Lipinski definition) is 5. The second kappa shape index (κ2) is 7.78. The summed E-state index contributed by atoms with van der Waals surface area (Å²) in [6, 6.07) is 1.69. The van der Waals surface area contributed by atoms with Crippen LogP contribution in [0.5, 0.6) is 0 Å². The van der Waals surface area contributed by atoms with Crippen molar-refractivity contribution < 1.29 is 19.2 Å². The minimum absolute atomic E-state index is 0.117. The first-order valence-corrected chi connectivity index (χ1v) is 7.05. The Bertz CT molecular complexity index is 484. The molecule has 21 heavy (non-hydrogen) atoms. The smallest absolute Gasteiger partial charge is 0.307 e. The predicted molar refractivity (Wildman–Crippen MR) is 78.1 cm³/mol. The zero-order valence-electron chi connectivity index (χ0n) is 12.9. The van der Waals surface area contributed by atoms with E-state index in [4.69, 9.17) is 9.63 Å². The highest BCUT2D eigenvalue weighted by atomic mass is 16.5. The number of rotatable bonds is 8. The van der Waals surface area contributed by atoms with E-state index in [2.05, 4.69) is 10.5 Å². The van der Waals surface area contributed by atoms with E-state index >= 15 is 0 Å². The molecular weight excluding hydrogens is 274 g/mol. The Balaban J connectivity index is 2.52. The summed E-state index contributed by atoms with van der Waals surface area (Å²) in [7, 11) is 0. The molecule has 1 aromatic heterocycles. The highest BCUT2D eigenvalue weighted by molar-refractivity contribution is 5.91. The molecule has 1 aromatic rings. The van der Waals surface area contributed by atoms with Crippen LogP contribution in [0, 0.1) is 5.92 Å². The van der Waals surface area contributed by atoms with Gasteiger partial charge in [-0.1, -0.05) is 32.9 Å². The fourth-order valence-electron chi connectivity index (χ4n) is 1.77. The molecule has 2 N–H and O–H groups in total. The third-order valence-electron chi connectivity index (χ3n) is 3.15. The number of nitrogens with zero attached hydrogens (tertiary/aromatic N) is 2. The van der Waals surface area contributed by atoms with E-state index in [0.717, 1.165) is 5.69 Å². The second-order valence-electron chi connectivity index (χ2n) is 5.39. The van der Waals surface area contributed by atoms with Gasteiger partial charge in [0.1, 0.15) is 0 Å². The van der Waals surface area contributed by atoms with Crippen LogP contribution >= 0.6 is 0 Å². The molecule has 0 spiro atoms. The van der Waals surface area contributed by atoms with Gasteiger partial charge in [-0.05, 0) is 12.5 Å². The molecule has 0 fully saturated rings. The van der Waals surface area contributed by atoms with Crippen molar-refractivity contribution in [2.75, 3.05) is 25.0 Å². The molecule has 1 atom stereocenters. The van der Waals surface area contributed by atoms with E-state index in [9.17, 15) is 9.59 Å². The number of amides is 1. The highest BCUT2D eigenvalue weighted by Gasteiger charge is 2.18. The average Bonchev–Trinajstić information content (AvgIpc) is 2.86. The zero-order chi connectivity index (χ0) is 16.0. The number of carbonyl (C=O) groups excluding carboxylic acids is 1. The first-order valence-electron chi connectivity index (χ1n) is 7.05. The topological polar surface area (TPSA) is 95.7 Å². The van der Waals surface area contributed by atoms with Crippen molar-refractivity contribution in [1.82, 2.24) is 10.1 Å². The maximum absolute atomic E-state index is 11.9. The van der Waals surface area contributed by atoms with E-state index in [1.54, 1.807) is 17.9 Å². The van der Waals surface area contributed by atoms with Gasteiger partial charge in [0.15, 0.2) is 0 Å². The van der Waals surface area contributed by atoms with Crippen LogP contribution in [0.15, 0.2) is 10.6 Å². The summed E-state index contributed by atoms with van der Waals surface area (Å²) < 4.78 is 5.04. The van der Waals surface area contributed by atoms with Gasteiger partial charge in [0.05, 0.1) is 18.2 Å². The second-order valence-corrected chi connectivity index (χ2v) is 5.39. The number of nitrogens with one attached hydrogen (secondary N) is 1. The summed E-state index contributed by atoms with van der Waals surface area (Å²) in [4.78, 5) is 24.5. The van der Waals surface area contributed by atoms with Crippen LogP contribution in [0.3, 0.4) is 0 Å². The van der Waals surface area contributed by atoms with E-state index in [1.165, 1.54) is 0 Å². The first-order chi connectivity index (χ1) is 9.83. The van der Waals surface area contributed by atoms with Crippen LogP contribution in [0.25, 0.3) is 0 Å². The highest BCUT2D eigenvalue weighted by Crippen LogP contribution is 2.17. The van der Waals surface area contributed by atoms with Gasteiger partial charge in [-0.2, -0.15) is 0 Å². The predicted octanol–water partition coefficient (Wildman–Crippen LogP) is 1.78. The molecule has 1 rings (SSSR count). The van der Waals surface area contributed by atoms with Crippen LogP contribution in [0.1, 0.15) is 39.3 Å².